The molecule has 2 rings (SSSR count). The maximum Gasteiger partial charge on any atom is 0.367 e. The Balaban J connectivity index is 2.04. The zero-order chi connectivity index (χ0) is 14.5. The molecule has 0 aromatic carbocycles. The first-order chi connectivity index (χ1) is 9.65. The number of rotatable bonds is 4. The van der Waals surface area contributed by atoms with Crippen LogP contribution in [0.25, 0.3) is 0 Å². The average molecular weight is 298 g/mol. The number of hydrogen-bond acceptors (Lipinski definition) is 6. The van der Waals surface area contributed by atoms with Crippen LogP contribution >= 0.6 is 11.3 Å². The molecule has 20 heavy (non-hydrogen) atoms. The Morgan fingerprint density at radius 3 is 3.05 bits per heavy atom. The third-order valence-electron chi connectivity index (χ3n) is 3.17. The maximum atomic E-state index is 12.3. The van der Waals surface area contributed by atoms with E-state index in [9.17, 15) is 9.59 Å². The van der Waals surface area contributed by atoms with E-state index in [1.807, 2.05) is 0 Å². The minimum absolute atomic E-state index is 0.0795. The van der Waals surface area contributed by atoms with Crippen LogP contribution in [0.1, 0.15) is 40.1 Å². The first kappa shape index (κ1) is 14.9. The summed E-state index contributed by atoms with van der Waals surface area (Å²) < 4.78 is 10.2. The SMILES string of the molecule is CCOC(=O)c1nc(C(=O)N2CCCC(OC)C2)cs1. The number of methoxy groups -OCH3 is 1. The molecule has 0 saturated carbocycles. The van der Waals surface area contributed by atoms with E-state index in [-0.39, 0.29) is 17.0 Å². The van der Waals surface area contributed by atoms with Crippen molar-refractivity contribution in [3.63, 3.8) is 0 Å². The zero-order valence-corrected chi connectivity index (χ0v) is 12.4. The minimum Gasteiger partial charge on any atom is -0.461 e. The molecule has 1 amide bonds. The zero-order valence-electron chi connectivity index (χ0n) is 11.6. The molecule has 1 saturated heterocycles. The van der Waals surface area contributed by atoms with Crippen molar-refractivity contribution in [3.05, 3.63) is 16.1 Å². The Labute approximate surface area is 121 Å². The van der Waals surface area contributed by atoms with Gasteiger partial charge in [0.15, 0.2) is 0 Å². The maximum absolute atomic E-state index is 12.3. The molecule has 1 unspecified atom stereocenters. The number of thiazole rings is 1. The lowest BCUT2D eigenvalue weighted by Crippen LogP contribution is -2.43. The van der Waals surface area contributed by atoms with Gasteiger partial charge in [0.1, 0.15) is 5.69 Å². The molecule has 1 atom stereocenters. The van der Waals surface area contributed by atoms with Crippen LogP contribution in [0.5, 0.6) is 0 Å². The first-order valence-electron chi connectivity index (χ1n) is 6.60. The number of nitrogens with zero attached hydrogens (tertiary/aromatic N) is 2. The quantitative estimate of drug-likeness (QED) is 0.789. The van der Waals surface area contributed by atoms with E-state index < -0.39 is 5.97 Å². The summed E-state index contributed by atoms with van der Waals surface area (Å²) in [5.41, 5.74) is 0.301. The molecule has 2 heterocycles. The van der Waals surface area contributed by atoms with Crippen LogP contribution in [0, 0.1) is 0 Å². The molecule has 0 N–H and O–H groups in total. The molecule has 1 aliphatic heterocycles. The van der Waals surface area contributed by atoms with Crippen LogP contribution in [-0.4, -0.2) is 54.7 Å². The van der Waals surface area contributed by atoms with Gasteiger partial charge in [-0.05, 0) is 19.8 Å². The van der Waals surface area contributed by atoms with E-state index in [0.717, 1.165) is 24.2 Å². The third-order valence-corrected chi connectivity index (χ3v) is 3.99. The van der Waals surface area contributed by atoms with Crippen LogP contribution in [0.3, 0.4) is 0 Å². The predicted molar refractivity (Wildman–Crippen MR) is 74.0 cm³/mol. The van der Waals surface area contributed by atoms with Gasteiger partial charge < -0.3 is 14.4 Å². The second-order valence-electron chi connectivity index (χ2n) is 4.51. The number of hydrogen-bond donors (Lipinski definition) is 0. The molecule has 1 aromatic heterocycles. The fraction of sp³-hybridized carbons (Fsp3) is 0.615. The summed E-state index contributed by atoms with van der Waals surface area (Å²) in [7, 11) is 1.65. The van der Waals surface area contributed by atoms with E-state index in [4.69, 9.17) is 9.47 Å². The molecule has 6 nitrogen and oxygen atoms in total. The van der Waals surface area contributed by atoms with Gasteiger partial charge >= 0.3 is 5.97 Å². The second-order valence-corrected chi connectivity index (χ2v) is 5.37. The van der Waals surface area contributed by atoms with E-state index in [2.05, 4.69) is 4.98 Å². The van der Waals surface area contributed by atoms with Crippen LogP contribution in [-0.2, 0) is 9.47 Å². The lowest BCUT2D eigenvalue weighted by molar-refractivity contribution is 0.0266. The van der Waals surface area contributed by atoms with Crippen molar-refractivity contribution < 1.29 is 19.1 Å². The normalized spacial score (nSPS) is 18.9. The van der Waals surface area contributed by atoms with Crippen molar-refractivity contribution in [1.82, 2.24) is 9.88 Å². The van der Waals surface area contributed by atoms with Crippen molar-refractivity contribution >= 4 is 23.2 Å². The highest BCUT2D eigenvalue weighted by atomic mass is 32.1. The number of carbonyl (C=O) groups is 2. The number of ether oxygens (including phenoxy) is 2. The Hall–Kier alpha value is -1.47. The van der Waals surface area contributed by atoms with Gasteiger partial charge in [0.25, 0.3) is 5.91 Å². The van der Waals surface area contributed by atoms with E-state index in [1.165, 1.54) is 0 Å². The monoisotopic (exact) mass is 298 g/mol. The van der Waals surface area contributed by atoms with E-state index in [0.29, 0.717) is 25.4 Å². The number of likely N-dealkylation sites (tertiary alicyclic amines) is 1. The summed E-state index contributed by atoms with van der Waals surface area (Å²) >= 11 is 1.13. The molecule has 1 aliphatic rings. The van der Waals surface area contributed by atoms with Crippen molar-refractivity contribution in [2.75, 3.05) is 26.8 Å². The largest absolute Gasteiger partial charge is 0.461 e. The lowest BCUT2D eigenvalue weighted by atomic mass is 10.1. The fourth-order valence-electron chi connectivity index (χ4n) is 2.14. The van der Waals surface area contributed by atoms with Crippen LogP contribution in [0.2, 0.25) is 0 Å². The van der Waals surface area contributed by atoms with Crippen molar-refractivity contribution in [3.8, 4) is 0 Å². The summed E-state index contributed by atoms with van der Waals surface area (Å²) in [4.78, 5) is 29.6. The molecule has 0 spiro atoms. The van der Waals surface area contributed by atoms with Gasteiger partial charge in [0.05, 0.1) is 12.7 Å². The molecule has 110 valence electrons. The highest BCUT2D eigenvalue weighted by molar-refractivity contribution is 7.11. The predicted octanol–water partition coefficient (Wildman–Crippen LogP) is 1.57. The topological polar surface area (TPSA) is 68.7 Å². The van der Waals surface area contributed by atoms with Gasteiger partial charge in [-0.1, -0.05) is 0 Å². The smallest absolute Gasteiger partial charge is 0.367 e. The lowest BCUT2D eigenvalue weighted by Gasteiger charge is -2.31. The van der Waals surface area contributed by atoms with Crippen LogP contribution in [0.15, 0.2) is 5.38 Å². The standard InChI is InChI=1S/C13H18N2O4S/c1-3-19-13(17)11-14-10(8-20-11)12(16)15-6-4-5-9(7-15)18-2/h8-9H,3-7H2,1-2H3. The summed E-state index contributed by atoms with van der Waals surface area (Å²) in [5.74, 6) is -0.636. The van der Waals surface area contributed by atoms with E-state index >= 15 is 0 Å². The van der Waals surface area contributed by atoms with Gasteiger partial charge in [-0.2, -0.15) is 0 Å². The highest BCUT2D eigenvalue weighted by Gasteiger charge is 2.26. The number of carbonyl (C=O) groups excluding carboxylic acids is 2. The van der Waals surface area contributed by atoms with Crippen molar-refractivity contribution in [1.29, 1.82) is 0 Å². The number of amides is 1. The molecule has 1 fully saturated rings. The van der Waals surface area contributed by atoms with Gasteiger partial charge in [-0.3, -0.25) is 4.79 Å². The third kappa shape index (κ3) is 3.34. The average Bonchev–Trinajstić information content (AvgIpc) is 2.96. The molecular formula is C13H18N2O4S. The Morgan fingerprint density at radius 2 is 2.35 bits per heavy atom. The molecule has 0 radical (unpaired) electrons. The Kier molecular flexibility index (Phi) is 5.08. The summed E-state index contributed by atoms with van der Waals surface area (Å²) in [6, 6.07) is 0. The minimum atomic E-state index is -0.482. The van der Waals surface area contributed by atoms with Gasteiger partial charge in [-0.25, -0.2) is 9.78 Å². The van der Waals surface area contributed by atoms with E-state index in [1.54, 1.807) is 24.3 Å². The molecule has 7 heteroatoms. The van der Waals surface area contributed by atoms with Gasteiger partial charge in [0, 0.05) is 25.6 Å². The fourth-order valence-corrected chi connectivity index (χ4v) is 2.82. The summed E-state index contributed by atoms with van der Waals surface area (Å²) in [6.45, 7) is 3.30. The Bertz CT molecular complexity index is 488. The highest BCUT2D eigenvalue weighted by Crippen LogP contribution is 2.17. The Morgan fingerprint density at radius 1 is 1.55 bits per heavy atom. The first-order valence-corrected chi connectivity index (χ1v) is 7.48. The van der Waals surface area contributed by atoms with Crippen molar-refractivity contribution in [2.45, 2.75) is 25.9 Å². The molecule has 0 bridgehead atoms. The summed E-state index contributed by atoms with van der Waals surface area (Å²) in [5, 5.41) is 1.82. The number of aromatic nitrogens is 1. The van der Waals surface area contributed by atoms with Crippen LogP contribution in [0.4, 0.5) is 0 Å². The number of piperidine rings is 1. The second kappa shape index (κ2) is 6.81. The van der Waals surface area contributed by atoms with Gasteiger partial charge in [-0.15, -0.1) is 11.3 Å². The van der Waals surface area contributed by atoms with Gasteiger partial charge in [0.2, 0.25) is 5.01 Å². The number of esters is 1. The molecule has 1 aromatic rings. The van der Waals surface area contributed by atoms with Crippen LogP contribution < -0.4 is 0 Å². The molecule has 0 aliphatic carbocycles. The molecular weight excluding hydrogens is 280 g/mol. The summed E-state index contributed by atoms with van der Waals surface area (Å²) in [6.07, 6.45) is 1.96. The van der Waals surface area contributed by atoms with Crippen molar-refractivity contribution in [2.24, 2.45) is 0 Å².